The normalized spacial score (nSPS) is 10.8. The van der Waals surface area contributed by atoms with Gasteiger partial charge in [0, 0.05) is 30.2 Å². The highest BCUT2D eigenvalue weighted by Gasteiger charge is 2.21. The summed E-state index contributed by atoms with van der Waals surface area (Å²) in [7, 11) is 1.75. The lowest BCUT2D eigenvalue weighted by Gasteiger charge is -2.12. The summed E-state index contributed by atoms with van der Waals surface area (Å²) in [6, 6.07) is 8.01. The number of nitrogens with one attached hydrogen (secondary N) is 1. The number of nitro groups is 1. The Balaban J connectivity index is 1.98. The van der Waals surface area contributed by atoms with Crippen LogP contribution in [0.25, 0.3) is 5.82 Å². The molecule has 0 saturated carbocycles. The number of hydrogen-bond acceptors (Lipinski definition) is 4. The average molecular weight is 374 g/mol. The van der Waals surface area contributed by atoms with Crippen LogP contribution in [-0.4, -0.2) is 25.2 Å². The fourth-order valence-corrected chi connectivity index (χ4v) is 2.97. The Morgan fingerprint density at radius 3 is 2.50 bits per heavy atom. The van der Waals surface area contributed by atoms with Crippen LogP contribution in [0.1, 0.15) is 21.7 Å². The van der Waals surface area contributed by atoms with Gasteiger partial charge in [0.15, 0.2) is 0 Å². The Labute approximate surface area is 154 Å². The summed E-state index contributed by atoms with van der Waals surface area (Å²) in [6.07, 6.45) is 1.47. The summed E-state index contributed by atoms with van der Waals surface area (Å²) in [5, 5.41) is 17.9. The number of nitro benzene ring substituents is 1. The van der Waals surface area contributed by atoms with Crippen molar-refractivity contribution >= 4 is 28.9 Å². The van der Waals surface area contributed by atoms with E-state index < -0.39 is 10.8 Å². The van der Waals surface area contributed by atoms with E-state index in [1.807, 2.05) is 30.5 Å². The van der Waals surface area contributed by atoms with Crippen molar-refractivity contribution in [2.24, 2.45) is 7.05 Å². The highest BCUT2D eigenvalue weighted by molar-refractivity contribution is 6.32. The summed E-state index contributed by atoms with van der Waals surface area (Å²) >= 11 is 5.80. The van der Waals surface area contributed by atoms with Gasteiger partial charge < -0.3 is 9.88 Å². The number of carbonyl (C=O) groups is 1. The first-order valence-electron chi connectivity index (χ1n) is 7.72. The lowest BCUT2D eigenvalue weighted by atomic mass is 10.2. The second-order valence-corrected chi connectivity index (χ2v) is 6.24. The largest absolute Gasteiger partial charge is 0.322 e. The molecule has 1 amide bonds. The molecule has 0 bridgehead atoms. The highest BCUT2D eigenvalue weighted by Crippen LogP contribution is 2.28. The Morgan fingerprint density at radius 1 is 1.23 bits per heavy atom. The minimum atomic E-state index is -0.597. The minimum absolute atomic E-state index is 0.00802. The first-order valence-corrected chi connectivity index (χ1v) is 8.10. The minimum Gasteiger partial charge on any atom is -0.322 e. The Bertz CT molecular complexity index is 1000. The molecule has 0 radical (unpaired) electrons. The van der Waals surface area contributed by atoms with Gasteiger partial charge in [-0.15, -0.1) is 0 Å². The van der Waals surface area contributed by atoms with Gasteiger partial charge >= 0.3 is 0 Å². The van der Waals surface area contributed by atoms with Gasteiger partial charge in [0.1, 0.15) is 16.4 Å². The quantitative estimate of drug-likeness (QED) is 0.557. The van der Waals surface area contributed by atoms with Crippen molar-refractivity contribution in [1.82, 2.24) is 14.3 Å². The Hall–Kier alpha value is -3.13. The van der Waals surface area contributed by atoms with Gasteiger partial charge in [-0.25, -0.2) is 0 Å². The maximum Gasteiger partial charge on any atom is 0.289 e. The highest BCUT2D eigenvalue weighted by atomic mass is 35.5. The zero-order valence-electron chi connectivity index (χ0n) is 14.4. The molecule has 2 aromatic heterocycles. The number of halogens is 1. The molecule has 3 aromatic rings. The van der Waals surface area contributed by atoms with Gasteiger partial charge in [0.25, 0.3) is 11.6 Å². The molecule has 0 aliphatic heterocycles. The molecule has 2 heterocycles. The number of amides is 1. The average Bonchev–Trinajstić information content (AvgIpc) is 3.11. The van der Waals surface area contributed by atoms with Crippen LogP contribution in [0, 0.1) is 24.0 Å². The van der Waals surface area contributed by atoms with Crippen molar-refractivity contribution < 1.29 is 9.72 Å². The molecule has 0 aliphatic carbocycles. The number of benzene rings is 1. The molecule has 1 N–H and O–H groups in total. The monoisotopic (exact) mass is 373 g/mol. The van der Waals surface area contributed by atoms with Crippen molar-refractivity contribution in [3.8, 4) is 5.82 Å². The first-order chi connectivity index (χ1) is 12.3. The number of nitrogens with zero attached hydrogens (tertiary/aromatic N) is 4. The second-order valence-electron chi connectivity index (χ2n) is 5.83. The van der Waals surface area contributed by atoms with Crippen LogP contribution in [0.2, 0.25) is 5.02 Å². The molecular formula is C17H16ClN5O3. The van der Waals surface area contributed by atoms with E-state index in [4.69, 9.17) is 11.6 Å². The van der Waals surface area contributed by atoms with Gasteiger partial charge in [-0.3, -0.25) is 19.6 Å². The van der Waals surface area contributed by atoms with E-state index in [1.165, 1.54) is 24.4 Å². The van der Waals surface area contributed by atoms with Crippen molar-refractivity contribution in [1.29, 1.82) is 0 Å². The van der Waals surface area contributed by atoms with Gasteiger partial charge in [-0.1, -0.05) is 11.6 Å². The number of aryl methyl sites for hydroxylation is 3. The lowest BCUT2D eigenvalue weighted by molar-refractivity contribution is -0.384. The molecular weight excluding hydrogens is 358 g/mol. The molecule has 3 rings (SSSR count). The SMILES string of the molecule is Cc1ccc(C)n1-c1c(C(=O)Nc2ccc(Cl)c([N+](=O)[O-])c2)cnn1C. The van der Waals surface area contributed by atoms with E-state index in [2.05, 4.69) is 10.4 Å². The Kier molecular flexibility index (Phi) is 4.52. The lowest BCUT2D eigenvalue weighted by Crippen LogP contribution is -2.16. The van der Waals surface area contributed by atoms with Crippen LogP contribution in [0.5, 0.6) is 0 Å². The van der Waals surface area contributed by atoms with Crippen LogP contribution in [0.15, 0.2) is 36.5 Å². The molecule has 0 fully saturated rings. The van der Waals surface area contributed by atoms with E-state index in [1.54, 1.807) is 11.7 Å². The number of aromatic nitrogens is 3. The summed E-state index contributed by atoms with van der Waals surface area (Å²) in [5.41, 5.74) is 2.28. The van der Waals surface area contributed by atoms with Crippen LogP contribution < -0.4 is 5.32 Å². The topological polar surface area (TPSA) is 95.0 Å². The first kappa shape index (κ1) is 17.7. The van der Waals surface area contributed by atoms with Crippen molar-refractivity contribution in [2.75, 3.05) is 5.32 Å². The van der Waals surface area contributed by atoms with Gasteiger partial charge in [0.05, 0.1) is 11.1 Å². The van der Waals surface area contributed by atoms with E-state index in [0.717, 1.165) is 11.4 Å². The van der Waals surface area contributed by atoms with Crippen LogP contribution in [0.4, 0.5) is 11.4 Å². The summed E-state index contributed by atoms with van der Waals surface area (Å²) in [4.78, 5) is 23.2. The molecule has 9 heteroatoms. The molecule has 134 valence electrons. The molecule has 0 atom stereocenters. The van der Waals surface area contributed by atoms with E-state index in [0.29, 0.717) is 11.4 Å². The molecule has 1 aromatic carbocycles. The molecule has 0 unspecified atom stereocenters. The number of anilines is 1. The van der Waals surface area contributed by atoms with E-state index in [-0.39, 0.29) is 16.4 Å². The van der Waals surface area contributed by atoms with Crippen LogP contribution in [-0.2, 0) is 7.05 Å². The maximum absolute atomic E-state index is 12.8. The molecule has 0 spiro atoms. The fourth-order valence-electron chi connectivity index (χ4n) is 2.79. The number of rotatable bonds is 4. The second kappa shape index (κ2) is 6.64. The van der Waals surface area contributed by atoms with Gasteiger partial charge in [0.2, 0.25) is 0 Å². The van der Waals surface area contributed by atoms with Crippen molar-refractivity contribution in [3.63, 3.8) is 0 Å². The third-order valence-corrected chi connectivity index (χ3v) is 4.36. The number of hydrogen-bond donors (Lipinski definition) is 1. The molecule has 0 saturated heterocycles. The zero-order chi connectivity index (χ0) is 19.0. The van der Waals surface area contributed by atoms with Gasteiger partial charge in [-0.05, 0) is 38.1 Å². The summed E-state index contributed by atoms with van der Waals surface area (Å²) < 4.78 is 3.53. The molecule has 0 aliphatic rings. The summed E-state index contributed by atoms with van der Waals surface area (Å²) in [6.45, 7) is 3.87. The van der Waals surface area contributed by atoms with Crippen LogP contribution in [0.3, 0.4) is 0 Å². The van der Waals surface area contributed by atoms with E-state index >= 15 is 0 Å². The molecule has 8 nitrogen and oxygen atoms in total. The van der Waals surface area contributed by atoms with Crippen molar-refractivity contribution in [3.05, 3.63) is 68.6 Å². The van der Waals surface area contributed by atoms with Crippen LogP contribution >= 0.6 is 11.6 Å². The maximum atomic E-state index is 12.8. The predicted molar refractivity (Wildman–Crippen MR) is 98.1 cm³/mol. The third kappa shape index (κ3) is 3.06. The third-order valence-electron chi connectivity index (χ3n) is 4.04. The van der Waals surface area contributed by atoms with Crippen molar-refractivity contribution in [2.45, 2.75) is 13.8 Å². The zero-order valence-corrected chi connectivity index (χ0v) is 15.1. The summed E-state index contributed by atoms with van der Waals surface area (Å²) in [5.74, 6) is 0.197. The van der Waals surface area contributed by atoms with Gasteiger partial charge in [-0.2, -0.15) is 5.10 Å². The standard InChI is InChI=1S/C17H16ClN5O3/c1-10-4-5-11(2)22(10)17-13(9-19-21(17)3)16(24)20-12-6-7-14(18)15(8-12)23(25)26/h4-9H,1-3H3,(H,20,24). The smallest absolute Gasteiger partial charge is 0.289 e. The number of carbonyl (C=O) groups excluding carboxylic acids is 1. The van der Waals surface area contributed by atoms with E-state index in [9.17, 15) is 14.9 Å². The fraction of sp³-hybridized carbons (Fsp3) is 0.176. The molecule has 26 heavy (non-hydrogen) atoms. The Morgan fingerprint density at radius 2 is 1.88 bits per heavy atom. The predicted octanol–water partition coefficient (Wildman–Crippen LogP) is 3.64.